The number of hydrogen-bond acceptors (Lipinski definition) is 2. The third kappa shape index (κ3) is 4.12. The summed E-state index contributed by atoms with van der Waals surface area (Å²) in [7, 11) is 3.98. The molecule has 0 unspecified atom stereocenters. The van der Waals surface area contributed by atoms with E-state index in [4.69, 9.17) is 0 Å². The third-order valence-electron chi connectivity index (χ3n) is 4.49. The van der Waals surface area contributed by atoms with Gasteiger partial charge in [-0.25, -0.2) is 0 Å². The number of amides is 1. The van der Waals surface area contributed by atoms with Crippen molar-refractivity contribution >= 4 is 12.0 Å². The van der Waals surface area contributed by atoms with Crippen LogP contribution in [0.3, 0.4) is 0 Å². The topological polar surface area (TPSA) is 23.6 Å². The van der Waals surface area contributed by atoms with E-state index in [0.717, 1.165) is 30.6 Å². The van der Waals surface area contributed by atoms with Crippen LogP contribution in [-0.4, -0.2) is 36.3 Å². The molecule has 0 saturated carbocycles. The van der Waals surface area contributed by atoms with Gasteiger partial charge in [0.25, 0.3) is 0 Å². The van der Waals surface area contributed by atoms with Crippen LogP contribution >= 0.6 is 0 Å². The molecule has 0 fully saturated rings. The first-order valence-corrected chi connectivity index (χ1v) is 8.39. The molecule has 0 radical (unpaired) electrons. The quantitative estimate of drug-likeness (QED) is 0.807. The molecule has 0 aliphatic carbocycles. The number of nitrogens with zero attached hydrogens (tertiary/aromatic N) is 2. The molecule has 3 heteroatoms. The van der Waals surface area contributed by atoms with Gasteiger partial charge in [-0.2, -0.15) is 0 Å². The predicted octanol–water partition coefficient (Wildman–Crippen LogP) is 3.35. The maximum absolute atomic E-state index is 12.3. The van der Waals surface area contributed by atoms with Crippen molar-refractivity contribution in [1.82, 2.24) is 9.80 Å². The van der Waals surface area contributed by atoms with Crippen molar-refractivity contribution in [2.24, 2.45) is 0 Å². The van der Waals surface area contributed by atoms with Gasteiger partial charge in [-0.15, -0.1) is 0 Å². The highest BCUT2D eigenvalue weighted by molar-refractivity contribution is 5.91. The number of carbonyl (C=O) groups excluding carboxylic acids is 1. The van der Waals surface area contributed by atoms with Crippen molar-refractivity contribution in [3.8, 4) is 0 Å². The van der Waals surface area contributed by atoms with Crippen molar-refractivity contribution in [3.63, 3.8) is 0 Å². The van der Waals surface area contributed by atoms with Gasteiger partial charge < -0.3 is 9.80 Å². The average Bonchev–Trinajstić information content (AvgIpc) is 2.60. The standard InChI is InChI=1S/C21H24N2O/c1-22-13-12-19-10-8-17(14-20(19)16-22)9-11-21(24)23(2)15-18-6-4-3-5-7-18/h3-11,14H,12-13,15-16H2,1-2H3. The van der Waals surface area contributed by atoms with Crippen LogP contribution in [0.4, 0.5) is 0 Å². The van der Waals surface area contributed by atoms with Crippen molar-refractivity contribution in [1.29, 1.82) is 0 Å². The summed E-state index contributed by atoms with van der Waals surface area (Å²) < 4.78 is 0. The summed E-state index contributed by atoms with van der Waals surface area (Å²) in [5, 5.41) is 0. The Hall–Kier alpha value is -2.39. The summed E-state index contributed by atoms with van der Waals surface area (Å²) >= 11 is 0. The number of rotatable bonds is 4. The molecule has 1 aliphatic rings. The minimum atomic E-state index is 0.0219. The summed E-state index contributed by atoms with van der Waals surface area (Å²) in [6, 6.07) is 16.5. The molecule has 2 aromatic rings. The number of fused-ring (bicyclic) bond motifs is 1. The van der Waals surface area contributed by atoms with Crippen LogP contribution in [0, 0.1) is 0 Å². The van der Waals surface area contributed by atoms with E-state index in [2.05, 4.69) is 30.1 Å². The van der Waals surface area contributed by atoms with Gasteiger partial charge in [0.2, 0.25) is 5.91 Å². The zero-order valence-electron chi connectivity index (χ0n) is 14.4. The fraction of sp³-hybridized carbons (Fsp3) is 0.286. The molecule has 0 spiro atoms. The lowest BCUT2D eigenvalue weighted by molar-refractivity contribution is -0.125. The number of hydrogen-bond donors (Lipinski definition) is 0. The van der Waals surface area contributed by atoms with Crippen molar-refractivity contribution in [3.05, 3.63) is 76.9 Å². The maximum Gasteiger partial charge on any atom is 0.246 e. The predicted molar refractivity (Wildman–Crippen MR) is 98.4 cm³/mol. The SMILES string of the molecule is CN1CCc2ccc(C=CC(=O)N(C)Cc3ccccc3)cc2C1. The lowest BCUT2D eigenvalue weighted by atomic mass is 9.97. The fourth-order valence-corrected chi connectivity index (χ4v) is 3.05. The Morgan fingerprint density at radius 1 is 1.17 bits per heavy atom. The van der Waals surface area contributed by atoms with E-state index in [1.165, 1.54) is 11.1 Å². The molecule has 0 atom stereocenters. The average molecular weight is 320 g/mol. The first-order valence-electron chi connectivity index (χ1n) is 8.39. The van der Waals surface area contributed by atoms with Crippen LogP contribution in [0.5, 0.6) is 0 Å². The maximum atomic E-state index is 12.3. The summed E-state index contributed by atoms with van der Waals surface area (Å²) in [6.07, 6.45) is 4.69. The molecule has 124 valence electrons. The van der Waals surface area contributed by atoms with Crippen molar-refractivity contribution < 1.29 is 4.79 Å². The highest BCUT2D eigenvalue weighted by Gasteiger charge is 2.12. The summed E-state index contributed by atoms with van der Waals surface area (Å²) in [6.45, 7) is 2.73. The highest BCUT2D eigenvalue weighted by atomic mass is 16.2. The lowest BCUT2D eigenvalue weighted by Gasteiger charge is -2.25. The molecule has 3 rings (SSSR count). The van der Waals surface area contributed by atoms with E-state index in [0.29, 0.717) is 6.54 Å². The zero-order valence-corrected chi connectivity index (χ0v) is 14.4. The van der Waals surface area contributed by atoms with Gasteiger partial charge in [-0.3, -0.25) is 4.79 Å². The molecule has 1 amide bonds. The second-order valence-corrected chi connectivity index (χ2v) is 6.53. The Morgan fingerprint density at radius 2 is 1.96 bits per heavy atom. The molecule has 2 aromatic carbocycles. The molecule has 24 heavy (non-hydrogen) atoms. The molecular formula is C21H24N2O. The normalized spacial score (nSPS) is 14.6. The lowest BCUT2D eigenvalue weighted by Crippen LogP contribution is -2.26. The first kappa shape index (κ1) is 16.5. The minimum Gasteiger partial charge on any atom is -0.338 e. The molecule has 1 aliphatic heterocycles. The molecule has 0 aromatic heterocycles. The van der Waals surface area contributed by atoms with E-state index in [1.807, 2.05) is 43.5 Å². The van der Waals surface area contributed by atoms with E-state index in [9.17, 15) is 4.79 Å². The zero-order chi connectivity index (χ0) is 16.9. The van der Waals surface area contributed by atoms with Crippen LogP contribution in [-0.2, 0) is 24.3 Å². The third-order valence-corrected chi connectivity index (χ3v) is 4.49. The van der Waals surface area contributed by atoms with E-state index in [-0.39, 0.29) is 5.91 Å². The first-order chi connectivity index (χ1) is 11.6. The summed E-state index contributed by atoms with van der Waals surface area (Å²) in [5.74, 6) is 0.0219. The van der Waals surface area contributed by atoms with Gasteiger partial charge in [0.05, 0.1) is 0 Å². The largest absolute Gasteiger partial charge is 0.338 e. The fourth-order valence-electron chi connectivity index (χ4n) is 3.05. The van der Waals surface area contributed by atoms with Gasteiger partial charge in [0.1, 0.15) is 0 Å². The summed E-state index contributed by atoms with van der Waals surface area (Å²) in [4.78, 5) is 16.4. The molecular weight excluding hydrogens is 296 g/mol. The Kier molecular flexibility index (Phi) is 5.11. The number of likely N-dealkylation sites (N-methyl/N-ethyl adjacent to an activating group) is 2. The smallest absolute Gasteiger partial charge is 0.246 e. The van der Waals surface area contributed by atoms with Gasteiger partial charge >= 0.3 is 0 Å². The molecule has 0 bridgehead atoms. The van der Waals surface area contributed by atoms with E-state index in [1.54, 1.807) is 11.0 Å². The molecule has 0 N–H and O–H groups in total. The summed E-state index contributed by atoms with van der Waals surface area (Å²) in [5.41, 5.74) is 5.03. The Morgan fingerprint density at radius 3 is 2.75 bits per heavy atom. The van der Waals surface area contributed by atoms with Crippen LogP contribution in [0.25, 0.3) is 6.08 Å². The monoisotopic (exact) mass is 320 g/mol. The van der Waals surface area contributed by atoms with Crippen LogP contribution < -0.4 is 0 Å². The van der Waals surface area contributed by atoms with Gasteiger partial charge in [0, 0.05) is 32.8 Å². The van der Waals surface area contributed by atoms with Crippen LogP contribution in [0.2, 0.25) is 0 Å². The van der Waals surface area contributed by atoms with Gasteiger partial charge in [-0.1, -0.05) is 48.5 Å². The second kappa shape index (κ2) is 7.45. The van der Waals surface area contributed by atoms with Crippen molar-refractivity contribution in [2.45, 2.75) is 19.5 Å². The van der Waals surface area contributed by atoms with Gasteiger partial charge in [0.15, 0.2) is 0 Å². The van der Waals surface area contributed by atoms with Gasteiger partial charge in [-0.05, 0) is 41.8 Å². The number of benzene rings is 2. The Bertz CT molecular complexity index is 737. The molecule has 1 heterocycles. The Balaban J connectivity index is 1.64. The van der Waals surface area contributed by atoms with Crippen LogP contribution in [0.15, 0.2) is 54.6 Å². The number of carbonyl (C=O) groups is 1. The van der Waals surface area contributed by atoms with E-state index < -0.39 is 0 Å². The second-order valence-electron chi connectivity index (χ2n) is 6.53. The Labute approximate surface area is 144 Å². The van der Waals surface area contributed by atoms with E-state index >= 15 is 0 Å². The minimum absolute atomic E-state index is 0.0219. The highest BCUT2D eigenvalue weighted by Crippen LogP contribution is 2.20. The molecule has 0 saturated heterocycles. The van der Waals surface area contributed by atoms with Crippen molar-refractivity contribution in [2.75, 3.05) is 20.6 Å². The molecule has 3 nitrogen and oxygen atoms in total. The van der Waals surface area contributed by atoms with Crippen LogP contribution in [0.1, 0.15) is 22.3 Å².